The zero-order valence-corrected chi connectivity index (χ0v) is 9.62. The molecule has 0 atom stereocenters. The normalized spacial score (nSPS) is 10.5. The Labute approximate surface area is 107 Å². The van der Waals surface area contributed by atoms with E-state index in [2.05, 4.69) is 0 Å². The second-order valence-electron chi connectivity index (χ2n) is 3.70. The molecule has 0 aliphatic rings. The largest absolute Gasteiger partial charge is 0.457 e. The second-order valence-corrected chi connectivity index (χ2v) is 3.70. The van der Waals surface area contributed by atoms with E-state index >= 15 is 0 Å². The van der Waals surface area contributed by atoms with Gasteiger partial charge >= 0.3 is 0 Å². The zero-order chi connectivity index (χ0) is 13.8. The van der Waals surface area contributed by atoms with E-state index in [0.29, 0.717) is 5.75 Å². The molecule has 0 fully saturated rings. The topological polar surface area (TPSA) is 52.4 Å². The molecule has 0 aromatic heterocycles. The fraction of sp³-hybridized carbons (Fsp3) is 0.0769. The summed E-state index contributed by atoms with van der Waals surface area (Å²) in [6, 6.07) is 11.5. The molecule has 2 aromatic rings. The van der Waals surface area contributed by atoms with E-state index in [1.807, 2.05) is 0 Å². The van der Waals surface area contributed by atoms with Crippen LogP contribution in [0.25, 0.3) is 0 Å². The van der Waals surface area contributed by atoms with Crippen molar-refractivity contribution in [2.75, 3.05) is 0 Å². The first-order chi connectivity index (χ1) is 9.08. The van der Waals surface area contributed by atoms with Crippen LogP contribution in [0.2, 0.25) is 0 Å². The molecule has 0 aliphatic carbocycles. The highest BCUT2D eigenvalue weighted by molar-refractivity contribution is 5.46. The van der Waals surface area contributed by atoms with E-state index in [4.69, 9.17) is 4.74 Å². The first-order valence-corrected chi connectivity index (χ1v) is 5.37. The van der Waals surface area contributed by atoms with Crippen LogP contribution in [0.5, 0.6) is 11.5 Å². The van der Waals surface area contributed by atoms with Gasteiger partial charge in [-0.05, 0) is 18.2 Å². The number of nitro benzene ring substituents is 1. The number of non-ortho nitro benzene ring substituents is 1. The third kappa shape index (κ3) is 3.04. The highest BCUT2D eigenvalue weighted by atomic mass is 19.3. The quantitative estimate of drug-likeness (QED) is 0.610. The fourth-order valence-corrected chi connectivity index (χ4v) is 1.53. The number of rotatable bonds is 4. The summed E-state index contributed by atoms with van der Waals surface area (Å²) in [7, 11) is 0. The molecular formula is C13H9F2NO3. The van der Waals surface area contributed by atoms with Gasteiger partial charge in [0.2, 0.25) is 0 Å². The Morgan fingerprint density at radius 1 is 1.11 bits per heavy atom. The van der Waals surface area contributed by atoms with Crippen molar-refractivity contribution in [1.29, 1.82) is 0 Å². The van der Waals surface area contributed by atoms with Gasteiger partial charge < -0.3 is 4.74 Å². The summed E-state index contributed by atoms with van der Waals surface area (Å²) < 4.78 is 31.0. The molecule has 19 heavy (non-hydrogen) atoms. The third-order valence-electron chi connectivity index (χ3n) is 2.41. The van der Waals surface area contributed by atoms with Gasteiger partial charge in [0.1, 0.15) is 11.5 Å². The molecule has 2 aromatic carbocycles. The predicted molar refractivity (Wildman–Crippen MR) is 64.6 cm³/mol. The van der Waals surface area contributed by atoms with Crippen molar-refractivity contribution in [2.24, 2.45) is 0 Å². The SMILES string of the molecule is O=[N+]([O-])c1ccc(Oc2ccccc2)c(C(F)F)c1. The minimum absolute atomic E-state index is 0.0909. The molecule has 0 spiro atoms. The highest BCUT2D eigenvalue weighted by Crippen LogP contribution is 2.34. The molecule has 0 saturated carbocycles. The summed E-state index contributed by atoms with van der Waals surface area (Å²) >= 11 is 0. The summed E-state index contributed by atoms with van der Waals surface area (Å²) in [4.78, 5) is 9.84. The van der Waals surface area contributed by atoms with Crippen molar-refractivity contribution in [3.8, 4) is 11.5 Å². The Hall–Kier alpha value is -2.50. The van der Waals surface area contributed by atoms with Crippen LogP contribution in [-0.4, -0.2) is 4.92 Å². The van der Waals surface area contributed by atoms with Crippen LogP contribution < -0.4 is 4.74 Å². The number of hydrogen-bond donors (Lipinski definition) is 0. The van der Waals surface area contributed by atoms with Crippen molar-refractivity contribution in [2.45, 2.75) is 6.43 Å². The number of alkyl halides is 2. The van der Waals surface area contributed by atoms with Crippen LogP contribution in [0.4, 0.5) is 14.5 Å². The van der Waals surface area contributed by atoms with Gasteiger partial charge in [0.15, 0.2) is 0 Å². The van der Waals surface area contributed by atoms with Crippen molar-refractivity contribution >= 4 is 5.69 Å². The summed E-state index contributed by atoms with van der Waals surface area (Å²) in [6.45, 7) is 0. The van der Waals surface area contributed by atoms with E-state index in [1.54, 1.807) is 30.3 Å². The Morgan fingerprint density at radius 3 is 2.37 bits per heavy atom. The maximum absolute atomic E-state index is 12.9. The average Bonchev–Trinajstić information content (AvgIpc) is 2.39. The van der Waals surface area contributed by atoms with Gasteiger partial charge in [-0.25, -0.2) is 8.78 Å². The summed E-state index contributed by atoms with van der Waals surface area (Å²) in [5.74, 6) is 0.296. The number of benzene rings is 2. The first kappa shape index (κ1) is 12.9. The van der Waals surface area contributed by atoms with Crippen LogP contribution in [-0.2, 0) is 0 Å². The highest BCUT2D eigenvalue weighted by Gasteiger charge is 2.19. The van der Waals surface area contributed by atoms with Crippen molar-refractivity contribution in [3.63, 3.8) is 0 Å². The molecule has 0 unspecified atom stereocenters. The Bertz CT molecular complexity index is 588. The molecule has 0 aliphatic heterocycles. The number of nitro groups is 1. The molecule has 0 heterocycles. The van der Waals surface area contributed by atoms with Gasteiger partial charge in [0.05, 0.1) is 10.5 Å². The van der Waals surface area contributed by atoms with Crippen LogP contribution in [0.15, 0.2) is 48.5 Å². The number of halogens is 2. The lowest BCUT2D eigenvalue weighted by Crippen LogP contribution is -1.95. The molecule has 0 radical (unpaired) electrons. The Balaban J connectivity index is 2.37. The Morgan fingerprint density at radius 2 is 1.79 bits per heavy atom. The molecular weight excluding hydrogens is 256 g/mol. The summed E-state index contributed by atoms with van der Waals surface area (Å²) in [6.07, 6.45) is -2.85. The van der Waals surface area contributed by atoms with E-state index in [1.165, 1.54) is 6.07 Å². The zero-order valence-electron chi connectivity index (χ0n) is 9.62. The van der Waals surface area contributed by atoms with E-state index < -0.39 is 22.6 Å². The van der Waals surface area contributed by atoms with Crippen molar-refractivity contribution in [3.05, 3.63) is 64.2 Å². The van der Waals surface area contributed by atoms with Crippen LogP contribution in [0.1, 0.15) is 12.0 Å². The number of para-hydroxylation sites is 1. The van der Waals surface area contributed by atoms with Crippen LogP contribution in [0.3, 0.4) is 0 Å². The van der Waals surface area contributed by atoms with E-state index in [0.717, 1.165) is 12.1 Å². The van der Waals surface area contributed by atoms with Gasteiger partial charge in [-0.1, -0.05) is 18.2 Å². The monoisotopic (exact) mass is 265 g/mol. The molecule has 2 rings (SSSR count). The van der Waals surface area contributed by atoms with Gasteiger partial charge in [0, 0.05) is 12.1 Å². The number of ether oxygens (including phenoxy) is 1. The van der Waals surface area contributed by atoms with E-state index in [9.17, 15) is 18.9 Å². The van der Waals surface area contributed by atoms with Crippen molar-refractivity contribution in [1.82, 2.24) is 0 Å². The molecule has 98 valence electrons. The molecule has 6 heteroatoms. The molecule has 0 saturated heterocycles. The Kier molecular flexibility index (Phi) is 3.70. The standard InChI is InChI=1S/C13H9F2NO3/c14-13(15)11-8-9(16(17)18)6-7-12(11)19-10-4-2-1-3-5-10/h1-8,13H. The summed E-state index contributed by atoms with van der Waals surface area (Å²) in [5.41, 5.74) is -0.895. The van der Waals surface area contributed by atoms with Gasteiger partial charge in [0.25, 0.3) is 12.1 Å². The minimum atomic E-state index is -2.85. The smallest absolute Gasteiger partial charge is 0.270 e. The third-order valence-corrected chi connectivity index (χ3v) is 2.41. The maximum atomic E-state index is 12.9. The lowest BCUT2D eigenvalue weighted by atomic mass is 10.2. The van der Waals surface area contributed by atoms with Crippen LogP contribution in [0, 0.1) is 10.1 Å². The van der Waals surface area contributed by atoms with Gasteiger partial charge in [-0.3, -0.25) is 10.1 Å². The van der Waals surface area contributed by atoms with Gasteiger partial charge in [-0.2, -0.15) is 0 Å². The molecule has 0 N–H and O–H groups in total. The maximum Gasteiger partial charge on any atom is 0.270 e. The second kappa shape index (κ2) is 5.43. The lowest BCUT2D eigenvalue weighted by molar-refractivity contribution is -0.385. The number of nitrogens with zero attached hydrogens (tertiary/aromatic N) is 1. The molecule has 0 amide bonds. The first-order valence-electron chi connectivity index (χ1n) is 5.37. The molecule has 0 bridgehead atoms. The van der Waals surface area contributed by atoms with Gasteiger partial charge in [-0.15, -0.1) is 0 Å². The van der Waals surface area contributed by atoms with Crippen LogP contribution >= 0.6 is 0 Å². The average molecular weight is 265 g/mol. The minimum Gasteiger partial charge on any atom is -0.457 e. The van der Waals surface area contributed by atoms with Crippen molar-refractivity contribution < 1.29 is 18.4 Å². The predicted octanol–water partition coefficient (Wildman–Crippen LogP) is 4.32. The molecule has 4 nitrogen and oxygen atoms in total. The number of hydrogen-bond acceptors (Lipinski definition) is 3. The van der Waals surface area contributed by atoms with E-state index in [-0.39, 0.29) is 5.75 Å². The fourth-order valence-electron chi connectivity index (χ4n) is 1.53. The lowest BCUT2D eigenvalue weighted by Gasteiger charge is -2.10. The summed E-state index contributed by atoms with van der Waals surface area (Å²) in [5, 5.41) is 10.6.